The lowest BCUT2D eigenvalue weighted by atomic mass is 10.2. The van der Waals surface area contributed by atoms with Crippen molar-refractivity contribution in [3.8, 4) is 5.75 Å². The van der Waals surface area contributed by atoms with Gasteiger partial charge in [0.1, 0.15) is 5.75 Å². The van der Waals surface area contributed by atoms with Crippen LogP contribution in [-0.4, -0.2) is 38.6 Å². The minimum Gasteiger partial charge on any atom is -0.434 e. The van der Waals surface area contributed by atoms with Crippen LogP contribution in [0, 0.1) is 0 Å². The zero-order valence-electron chi connectivity index (χ0n) is 11.0. The van der Waals surface area contributed by atoms with Crippen LogP contribution in [0.4, 0.5) is 8.78 Å². The van der Waals surface area contributed by atoms with Crippen LogP contribution in [-0.2, 0) is 6.54 Å². The molecule has 0 saturated heterocycles. The van der Waals surface area contributed by atoms with Gasteiger partial charge in [-0.2, -0.15) is 8.78 Å². The highest BCUT2D eigenvalue weighted by Crippen LogP contribution is 2.24. The number of hydrogen-bond acceptors (Lipinski definition) is 2. The van der Waals surface area contributed by atoms with E-state index in [1.54, 1.807) is 18.0 Å². The molecule has 0 amide bonds. The minimum atomic E-state index is -2.87. The van der Waals surface area contributed by atoms with Crippen molar-refractivity contribution in [2.24, 2.45) is 4.99 Å². The lowest BCUT2D eigenvalue weighted by Crippen LogP contribution is -2.35. The lowest BCUT2D eigenvalue weighted by molar-refractivity contribution is -0.0504. The minimum absolute atomic E-state index is 0.0982. The number of ether oxygens (including phenoxy) is 1. The predicted octanol–water partition coefficient (Wildman–Crippen LogP) is 2.58. The Hall–Kier alpha value is -1.56. The summed E-state index contributed by atoms with van der Waals surface area (Å²) in [7, 11) is 5.28. The van der Waals surface area contributed by atoms with E-state index < -0.39 is 6.61 Å². The molecule has 0 fully saturated rings. The van der Waals surface area contributed by atoms with Gasteiger partial charge in [0.15, 0.2) is 5.96 Å². The zero-order chi connectivity index (χ0) is 14.4. The molecule has 19 heavy (non-hydrogen) atoms. The number of guanidine groups is 1. The third-order valence-electron chi connectivity index (χ3n) is 2.31. The molecule has 7 heteroatoms. The third kappa shape index (κ3) is 4.90. The Labute approximate surface area is 116 Å². The largest absolute Gasteiger partial charge is 0.434 e. The monoisotopic (exact) mass is 291 g/mol. The first-order valence-electron chi connectivity index (χ1n) is 5.55. The van der Waals surface area contributed by atoms with Crippen LogP contribution in [0.3, 0.4) is 0 Å². The molecule has 1 rings (SSSR count). The van der Waals surface area contributed by atoms with Crippen molar-refractivity contribution in [2.45, 2.75) is 13.2 Å². The summed E-state index contributed by atoms with van der Waals surface area (Å²) < 4.78 is 29.0. The molecule has 106 valence electrons. The standard InChI is InChI=1S/C12H16ClF2N3O/c1-16-12(18(2)3)17-7-8-6-9(13)4-5-10(8)19-11(14)15/h4-6,11H,7H2,1-3H3,(H,16,17). The zero-order valence-corrected chi connectivity index (χ0v) is 11.7. The summed E-state index contributed by atoms with van der Waals surface area (Å²) in [6.07, 6.45) is 0. The Morgan fingerprint density at radius 2 is 2.16 bits per heavy atom. The highest BCUT2D eigenvalue weighted by atomic mass is 35.5. The molecule has 1 N–H and O–H groups in total. The molecule has 0 aliphatic rings. The quantitative estimate of drug-likeness (QED) is 0.684. The fourth-order valence-corrected chi connectivity index (χ4v) is 1.70. The number of rotatable bonds is 4. The van der Waals surface area contributed by atoms with Crippen molar-refractivity contribution < 1.29 is 13.5 Å². The number of nitrogens with zero attached hydrogens (tertiary/aromatic N) is 2. The van der Waals surface area contributed by atoms with Crippen LogP contribution in [0.25, 0.3) is 0 Å². The number of nitrogens with one attached hydrogen (secondary N) is 1. The highest BCUT2D eigenvalue weighted by Gasteiger charge is 2.11. The SMILES string of the molecule is CN=C(NCc1cc(Cl)ccc1OC(F)F)N(C)C. The van der Waals surface area contributed by atoms with Crippen molar-refractivity contribution in [3.63, 3.8) is 0 Å². The topological polar surface area (TPSA) is 36.9 Å². The summed E-state index contributed by atoms with van der Waals surface area (Å²) in [6, 6.07) is 4.50. The van der Waals surface area contributed by atoms with E-state index in [1.165, 1.54) is 12.1 Å². The molecule has 0 atom stereocenters. The Morgan fingerprint density at radius 3 is 2.68 bits per heavy atom. The van der Waals surface area contributed by atoms with E-state index in [4.69, 9.17) is 11.6 Å². The molecule has 0 spiro atoms. The van der Waals surface area contributed by atoms with Crippen molar-refractivity contribution in [2.75, 3.05) is 21.1 Å². The molecule has 0 aliphatic carbocycles. The summed E-state index contributed by atoms with van der Waals surface area (Å²) in [6.45, 7) is -2.58. The van der Waals surface area contributed by atoms with Gasteiger partial charge in [0.25, 0.3) is 0 Å². The van der Waals surface area contributed by atoms with Gasteiger partial charge in [0.05, 0.1) is 0 Å². The van der Waals surface area contributed by atoms with E-state index in [1.807, 2.05) is 14.1 Å². The number of halogens is 3. The van der Waals surface area contributed by atoms with Gasteiger partial charge in [-0.1, -0.05) is 11.6 Å². The average Bonchev–Trinajstić information content (AvgIpc) is 2.32. The molecule has 4 nitrogen and oxygen atoms in total. The van der Waals surface area contributed by atoms with Crippen molar-refractivity contribution in [1.29, 1.82) is 0 Å². The summed E-state index contributed by atoms with van der Waals surface area (Å²) in [5.74, 6) is 0.726. The van der Waals surface area contributed by atoms with Gasteiger partial charge in [-0.3, -0.25) is 4.99 Å². The molecular formula is C12H16ClF2N3O. The van der Waals surface area contributed by atoms with E-state index in [-0.39, 0.29) is 12.3 Å². The fourth-order valence-electron chi connectivity index (χ4n) is 1.51. The number of aliphatic imine (C=N–C) groups is 1. The van der Waals surface area contributed by atoms with Crippen LogP contribution in [0.2, 0.25) is 5.02 Å². The van der Waals surface area contributed by atoms with Crippen molar-refractivity contribution in [3.05, 3.63) is 28.8 Å². The van der Waals surface area contributed by atoms with Gasteiger partial charge in [0.2, 0.25) is 0 Å². The average molecular weight is 292 g/mol. The number of alkyl halides is 2. The molecule has 0 saturated carbocycles. The van der Waals surface area contributed by atoms with Gasteiger partial charge < -0.3 is 15.0 Å². The van der Waals surface area contributed by atoms with Crippen LogP contribution < -0.4 is 10.1 Å². The summed E-state index contributed by atoms with van der Waals surface area (Å²) in [5.41, 5.74) is 0.538. The van der Waals surface area contributed by atoms with E-state index in [0.717, 1.165) is 0 Å². The molecule has 0 unspecified atom stereocenters. The molecular weight excluding hydrogens is 276 g/mol. The highest BCUT2D eigenvalue weighted by molar-refractivity contribution is 6.30. The van der Waals surface area contributed by atoms with Crippen LogP contribution in [0.15, 0.2) is 23.2 Å². The molecule has 1 aromatic carbocycles. The lowest BCUT2D eigenvalue weighted by Gasteiger charge is -2.18. The van der Waals surface area contributed by atoms with Gasteiger partial charge in [0, 0.05) is 38.3 Å². The second-order valence-corrected chi connectivity index (χ2v) is 4.36. The first kappa shape index (κ1) is 15.5. The predicted molar refractivity (Wildman–Crippen MR) is 72.0 cm³/mol. The summed E-state index contributed by atoms with van der Waals surface area (Å²) in [5, 5.41) is 3.48. The van der Waals surface area contributed by atoms with Gasteiger partial charge in [-0.15, -0.1) is 0 Å². The van der Waals surface area contributed by atoms with E-state index in [2.05, 4.69) is 15.0 Å². The van der Waals surface area contributed by atoms with Crippen molar-refractivity contribution in [1.82, 2.24) is 10.2 Å². The molecule has 1 aromatic rings. The van der Waals surface area contributed by atoms with Crippen LogP contribution >= 0.6 is 11.6 Å². The van der Waals surface area contributed by atoms with E-state index in [9.17, 15) is 8.78 Å². The molecule has 0 heterocycles. The van der Waals surface area contributed by atoms with Crippen LogP contribution in [0.5, 0.6) is 5.75 Å². The van der Waals surface area contributed by atoms with E-state index in [0.29, 0.717) is 16.5 Å². The van der Waals surface area contributed by atoms with Crippen LogP contribution in [0.1, 0.15) is 5.56 Å². The summed E-state index contributed by atoms with van der Waals surface area (Å²) >= 11 is 5.85. The molecule has 0 aliphatic heterocycles. The number of benzene rings is 1. The van der Waals surface area contributed by atoms with E-state index >= 15 is 0 Å². The third-order valence-corrected chi connectivity index (χ3v) is 2.55. The van der Waals surface area contributed by atoms with Gasteiger partial charge in [-0.05, 0) is 18.2 Å². The van der Waals surface area contributed by atoms with Crippen molar-refractivity contribution >= 4 is 17.6 Å². The first-order valence-corrected chi connectivity index (χ1v) is 5.93. The second-order valence-electron chi connectivity index (χ2n) is 3.93. The maximum atomic E-state index is 12.3. The maximum absolute atomic E-state index is 12.3. The fraction of sp³-hybridized carbons (Fsp3) is 0.417. The smallest absolute Gasteiger partial charge is 0.387 e. The molecule has 0 aromatic heterocycles. The Morgan fingerprint density at radius 1 is 1.47 bits per heavy atom. The molecule has 0 bridgehead atoms. The Kier molecular flexibility index (Phi) is 5.82. The van der Waals surface area contributed by atoms with Gasteiger partial charge in [-0.25, -0.2) is 0 Å². The first-order chi connectivity index (χ1) is 8.93. The van der Waals surface area contributed by atoms with Gasteiger partial charge >= 0.3 is 6.61 Å². The molecule has 0 radical (unpaired) electrons. The Balaban J connectivity index is 2.84. The second kappa shape index (κ2) is 7.13. The normalized spacial score (nSPS) is 11.6. The Bertz CT molecular complexity index is 453. The summed E-state index contributed by atoms with van der Waals surface area (Å²) in [4.78, 5) is 5.80. The maximum Gasteiger partial charge on any atom is 0.387 e. The number of hydrogen-bond donors (Lipinski definition) is 1.